The number of hydrogen-bond acceptors (Lipinski definition) is 4. The van der Waals surface area contributed by atoms with Crippen LogP contribution in [0.25, 0.3) is 0 Å². The average molecular weight is 249 g/mol. The molecule has 0 heterocycles. The Morgan fingerprint density at radius 2 is 1.94 bits per heavy atom. The fraction of sp³-hybridized carbons (Fsp3) is 0.0909. The molecule has 1 aromatic rings. The van der Waals surface area contributed by atoms with E-state index < -0.39 is 22.7 Å². The van der Waals surface area contributed by atoms with E-state index in [-0.39, 0.29) is 16.8 Å². The van der Waals surface area contributed by atoms with Crippen molar-refractivity contribution in [1.82, 2.24) is 0 Å². The van der Waals surface area contributed by atoms with Gasteiger partial charge < -0.3 is 11.5 Å². The zero-order chi connectivity index (χ0) is 13.9. The summed E-state index contributed by atoms with van der Waals surface area (Å²) < 4.78 is 0. The third kappa shape index (κ3) is 2.70. The summed E-state index contributed by atoms with van der Waals surface area (Å²) in [7, 11) is 0. The van der Waals surface area contributed by atoms with Gasteiger partial charge >= 0.3 is 0 Å². The van der Waals surface area contributed by atoms with Crippen LogP contribution in [0.3, 0.4) is 0 Å². The van der Waals surface area contributed by atoms with E-state index in [4.69, 9.17) is 11.5 Å². The summed E-state index contributed by atoms with van der Waals surface area (Å²) in [6, 6.07) is 5.24. The number of carbonyl (C=O) groups is 2. The molecule has 0 aromatic heterocycles. The lowest BCUT2D eigenvalue weighted by atomic mass is 9.90. The fourth-order valence-electron chi connectivity index (χ4n) is 1.50. The molecule has 7 nitrogen and oxygen atoms in total. The van der Waals surface area contributed by atoms with Crippen LogP contribution in [-0.4, -0.2) is 16.7 Å². The second-order valence-electron chi connectivity index (χ2n) is 3.58. The van der Waals surface area contributed by atoms with Crippen LogP contribution in [0.5, 0.6) is 0 Å². The molecule has 0 aliphatic heterocycles. The summed E-state index contributed by atoms with van der Waals surface area (Å²) in [5, 5.41) is 10.6. The number of nitro groups is 1. The first-order valence-corrected chi connectivity index (χ1v) is 4.87. The highest BCUT2D eigenvalue weighted by molar-refractivity contribution is 6.01. The van der Waals surface area contributed by atoms with Crippen LogP contribution in [0.2, 0.25) is 0 Å². The van der Waals surface area contributed by atoms with Crippen LogP contribution in [0, 0.1) is 10.1 Å². The molecule has 1 rings (SSSR count). The molecule has 94 valence electrons. The van der Waals surface area contributed by atoms with E-state index in [1.807, 2.05) is 0 Å². The molecular formula is C11H11N3O4. The minimum Gasteiger partial charge on any atom is -0.369 e. The van der Waals surface area contributed by atoms with Crippen molar-refractivity contribution in [3.63, 3.8) is 0 Å². The molecule has 1 atom stereocenters. The van der Waals surface area contributed by atoms with Crippen molar-refractivity contribution in [3.05, 3.63) is 52.1 Å². The van der Waals surface area contributed by atoms with Gasteiger partial charge in [-0.25, -0.2) is 0 Å². The highest BCUT2D eigenvalue weighted by atomic mass is 16.6. The van der Waals surface area contributed by atoms with E-state index in [1.54, 1.807) is 0 Å². The van der Waals surface area contributed by atoms with Crippen molar-refractivity contribution in [1.29, 1.82) is 0 Å². The lowest BCUT2D eigenvalue weighted by Crippen LogP contribution is -2.28. The van der Waals surface area contributed by atoms with Gasteiger partial charge in [0.15, 0.2) is 0 Å². The topological polar surface area (TPSA) is 129 Å². The number of primary amides is 2. The first-order chi connectivity index (χ1) is 8.34. The maximum atomic E-state index is 11.3. The third-order valence-electron chi connectivity index (χ3n) is 2.36. The first kappa shape index (κ1) is 13.4. The van der Waals surface area contributed by atoms with Crippen LogP contribution < -0.4 is 11.5 Å². The Morgan fingerprint density at radius 3 is 2.39 bits per heavy atom. The maximum Gasteiger partial charge on any atom is 0.269 e. The van der Waals surface area contributed by atoms with Crippen LogP contribution in [0.4, 0.5) is 5.69 Å². The van der Waals surface area contributed by atoms with Gasteiger partial charge in [-0.05, 0) is 5.56 Å². The summed E-state index contributed by atoms with van der Waals surface area (Å²) >= 11 is 0. The maximum absolute atomic E-state index is 11.3. The lowest BCUT2D eigenvalue weighted by Gasteiger charge is -2.13. The third-order valence-corrected chi connectivity index (χ3v) is 2.36. The number of hydrogen-bond donors (Lipinski definition) is 2. The standard InChI is InChI=1S/C11H11N3O4/c1-6(10(12)15)9(11(13)16)7-3-2-4-8(5-7)14(17)18/h2-5,9H,1H2,(H2,12,15)(H2,13,16). The summed E-state index contributed by atoms with van der Waals surface area (Å²) in [5.41, 5.74) is 9.98. The molecule has 7 heteroatoms. The predicted octanol–water partition coefficient (Wildman–Crippen LogP) is 0.205. The van der Waals surface area contributed by atoms with Gasteiger partial charge in [-0.15, -0.1) is 0 Å². The van der Waals surface area contributed by atoms with Crippen molar-refractivity contribution in [3.8, 4) is 0 Å². The molecule has 18 heavy (non-hydrogen) atoms. The van der Waals surface area contributed by atoms with Gasteiger partial charge in [-0.1, -0.05) is 18.7 Å². The summed E-state index contributed by atoms with van der Waals surface area (Å²) in [5.74, 6) is -2.90. The minimum absolute atomic E-state index is 0.206. The van der Waals surface area contributed by atoms with Gasteiger partial charge in [-0.3, -0.25) is 19.7 Å². The number of nitrogens with two attached hydrogens (primary N) is 2. The average Bonchev–Trinajstić information content (AvgIpc) is 2.28. The van der Waals surface area contributed by atoms with Gasteiger partial charge in [0.1, 0.15) is 0 Å². The number of nitrogens with zero attached hydrogens (tertiary/aromatic N) is 1. The molecule has 0 fully saturated rings. The molecule has 4 N–H and O–H groups in total. The SMILES string of the molecule is C=C(C(N)=O)C(C(N)=O)c1cccc([N+](=O)[O-])c1. The van der Waals surface area contributed by atoms with Crippen LogP contribution in [0.1, 0.15) is 11.5 Å². The van der Waals surface area contributed by atoms with E-state index in [0.717, 1.165) is 6.07 Å². The fourth-order valence-corrected chi connectivity index (χ4v) is 1.50. The normalized spacial score (nSPS) is 11.6. The van der Waals surface area contributed by atoms with Crippen molar-refractivity contribution >= 4 is 17.5 Å². The second kappa shape index (κ2) is 5.09. The molecule has 2 amide bonds. The molecule has 0 saturated carbocycles. The quantitative estimate of drug-likeness (QED) is 0.438. The zero-order valence-electron chi connectivity index (χ0n) is 9.33. The van der Waals surface area contributed by atoms with Gasteiger partial charge in [0.2, 0.25) is 11.8 Å². The number of rotatable bonds is 5. The van der Waals surface area contributed by atoms with Crippen LogP contribution >= 0.6 is 0 Å². The number of carbonyl (C=O) groups excluding carboxylic acids is 2. The van der Waals surface area contributed by atoms with Gasteiger partial charge in [0.05, 0.1) is 10.8 Å². The first-order valence-electron chi connectivity index (χ1n) is 4.87. The largest absolute Gasteiger partial charge is 0.369 e. The molecule has 1 aromatic carbocycles. The van der Waals surface area contributed by atoms with Crippen LogP contribution in [-0.2, 0) is 9.59 Å². The minimum atomic E-state index is -1.16. The van der Waals surface area contributed by atoms with E-state index >= 15 is 0 Å². The number of nitro benzene ring substituents is 1. The molecular weight excluding hydrogens is 238 g/mol. The number of amides is 2. The summed E-state index contributed by atoms with van der Waals surface area (Å²) in [6.07, 6.45) is 0. The molecule has 0 radical (unpaired) electrons. The van der Waals surface area contributed by atoms with Crippen molar-refractivity contribution in [2.45, 2.75) is 5.92 Å². The summed E-state index contributed by atoms with van der Waals surface area (Å²) in [6.45, 7) is 3.38. The monoisotopic (exact) mass is 249 g/mol. The Morgan fingerprint density at radius 1 is 1.33 bits per heavy atom. The Bertz CT molecular complexity index is 539. The van der Waals surface area contributed by atoms with Gasteiger partial charge in [0, 0.05) is 17.7 Å². The van der Waals surface area contributed by atoms with E-state index in [1.165, 1.54) is 18.2 Å². The molecule has 0 aliphatic rings. The Labute approximate surface area is 102 Å². The van der Waals surface area contributed by atoms with E-state index in [2.05, 4.69) is 6.58 Å². The molecule has 0 spiro atoms. The lowest BCUT2D eigenvalue weighted by molar-refractivity contribution is -0.384. The van der Waals surface area contributed by atoms with Crippen LogP contribution in [0.15, 0.2) is 36.4 Å². The smallest absolute Gasteiger partial charge is 0.269 e. The Hall–Kier alpha value is -2.70. The molecule has 0 aliphatic carbocycles. The Balaban J connectivity index is 3.26. The Kier molecular flexibility index (Phi) is 3.78. The van der Waals surface area contributed by atoms with Crippen molar-refractivity contribution in [2.24, 2.45) is 11.5 Å². The molecule has 0 bridgehead atoms. The number of non-ortho nitro benzene ring substituents is 1. The molecule has 1 unspecified atom stereocenters. The van der Waals surface area contributed by atoms with Gasteiger partial charge in [-0.2, -0.15) is 0 Å². The highest BCUT2D eigenvalue weighted by Crippen LogP contribution is 2.25. The highest BCUT2D eigenvalue weighted by Gasteiger charge is 2.25. The summed E-state index contributed by atoms with van der Waals surface area (Å²) in [4.78, 5) is 32.3. The van der Waals surface area contributed by atoms with E-state index in [0.29, 0.717) is 0 Å². The second-order valence-corrected chi connectivity index (χ2v) is 3.58. The predicted molar refractivity (Wildman–Crippen MR) is 63.4 cm³/mol. The van der Waals surface area contributed by atoms with E-state index in [9.17, 15) is 19.7 Å². The molecule has 0 saturated heterocycles. The number of benzene rings is 1. The van der Waals surface area contributed by atoms with Crippen molar-refractivity contribution in [2.75, 3.05) is 0 Å². The van der Waals surface area contributed by atoms with Crippen molar-refractivity contribution < 1.29 is 14.5 Å². The zero-order valence-corrected chi connectivity index (χ0v) is 9.33. The van der Waals surface area contributed by atoms with Gasteiger partial charge in [0.25, 0.3) is 5.69 Å².